The number of hydrogen-bond donors (Lipinski definition) is 0. The summed E-state index contributed by atoms with van der Waals surface area (Å²) >= 11 is 0. The lowest BCUT2D eigenvalue weighted by Gasteiger charge is -2.05. The van der Waals surface area contributed by atoms with Crippen LogP contribution >= 0.6 is 0 Å². The van der Waals surface area contributed by atoms with Gasteiger partial charge < -0.3 is 0 Å². The summed E-state index contributed by atoms with van der Waals surface area (Å²) in [5, 5.41) is 0. The van der Waals surface area contributed by atoms with Gasteiger partial charge in [0.25, 0.3) is 10.1 Å². The van der Waals surface area contributed by atoms with Crippen molar-refractivity contribution in [1.82, 2.24) is 0 Å². The fourth-order valence-electron chi connectivity index (χ4n) is 1.50. The molecule has 0 aromatic heterocycles. The second-order valence-corrected chi connectivity index (χ2v) is 5.83. The summed E-state index contributed by atoms with van der Waals surface area (Å²) in [6, 6.07) is 9.33. The average Bonchev–Trinajstić information content (AvgIpc) is 2.34. The quantitative estimate of drug-likeness (QED) is 0.530. The van der Waals surface area contributed by atoms with E-state index in [1.165, 1.54) is 0 Å². The van der Waals surface area contributed by atoms with Gasteiger partial charge in [0.1, 0.15) is 0 Å². The normalized spacial score (nSPS) is 11.6. The van der Waals surface area contributed by atoms with Crippen LogP contribution in [0.2, 0.25) is 0 Å². The van der Waals surface area contributed by atoms with E-state index >= 15 is 0 Å². The molecule has 0 saturated carbocycles. The first-order valence-electron chi connectivity index (χ1n) is 6.05. The number of rotatable bonds is 8. The van der Waals surface area contributed by atoms with Crippen molar-refractivity contribution in [3.05, 3.63) is 35.9 Å². The van der Waals surface area contributed by atoms with E-state index in [1.54, 1.807) is 0 Å². The first-order valence-corrected chi connectivity index (χ1v) is 7.63. The van der Waals surface area contributed by atoms with Crippen LogP contribution in [0.1, 0.15) is 38.2 Å². The number of benzene rings is 1. The van der Waals surface area contributed by atoms with Crippen LogP contribution in [0.3, 0.4) is 0 Å². The number of hydrogen-bond acceptors (Lipinski definition) is 3. The third-order valence-electron chi connectivity index (χ3n) is 2.50. The van der Waals surface area contributed by atoms with Gasteiger partial charge in [-0.1, -0.05) is 56.5 Å². The Hall–Kier alpha value is -0.870. The summed E-state index contributed by atoms with van der Waals surface area (Å²) in [4.78, 5) is 0. The lowest BCUT2D eigenvalue weighted by molar-refractivity contribution is 0.307. The largest absolute Gasteiger partial charge is 0.267 e. The van der Waals surface area contributed by atoms with Gasteiger partial charge in [-0.15, -0.1) is 0 Å². The van der Waals surface area contributed by atoms with Crippen molar-refractivity contribution in [2.24, 2.45) is 0 Å². The van der Waals surface area contributed by atoms with Crippen molar-refractivity contribution in [3.63, 3.8) is 0 Å². The molecule has 0 atom stereocenters. The van der Waals surface area contributed by atoms with Gasteiger partial charge in [0.05, 0.1) is 12.4 Å². The van der Waals surface area contributed by atoms with Crippen LogP contribution in [0.4, 0.5) is 0 Å². The van der Waals surface area contributed by atoms with Crippen molar-refractivity contribution in [2.45, 2.75) is 39.2 Å². The first-order chi connectivity index (χ1) is 8.14. The molecule has 4 heteroatoms. The van der Waals surface area contributed by atoms with Gasteiger partial charge in [-0.3, -0.25) is 4.18 Å². The molecule has 1 rings (SSSR count). The van der Waals surface area contributed by atoms with E-state index < -0.39 is 10.1 Å². The van der Waals surface area contributed by atoms with E-state index in [0.29, 0.717) is 6.42 Å². The predicted octanol–water partition coefficient (Wildman–Crippen LogP) is 3.11. The molecule has 0 heterocycles. The summed E-state index contributed by atoms with van der Waals surface area (Å²) in [5.74, 6) is 0.125. The Kier molecular flexibility index (Phi) is 6.22. The third kappa shape index (κ3) is 6.44. The lowest BCUT2D eigenvalue weighted by atomic mass is 10.2. The molecular weight excluding hydrogens is 236 g/mol. The van der Waals surface area contributed by atoms with Crippen LogP contribution in [0.5, 0.6) is 0 Å². The molecule has 17 heavy (non-hydrogen) atoms. The maximum Gasteiger partial charge on any atom is 0.267 e. The zero-order valence-corrected chi connectivity index (χ0v) is 11.1. The van der Waals surface area contributed by atoms with Gasteiger partial charge in [0.2, 0.25) is 0 Å². The van der Waals surface area contributed by atoms with Crippen molar-refractivity contribution in [1.29, 1.82) is 0 Å². The maximum atomic E-state index is 11.5. The summed E-state index contributed by atoms with van der Waals surface area (Å²) < 4.78 is 28.1. The molecule has 0 aliphatic heterocycles. The van der Waals surface area contributed by atoms with E-state index in [-0.39, 0.29) is 12.4 Å². The summed E-state index contributed by atoms with van der Waals surface area (Å²) in [6.45, 7) is 2.23. The van der Waals surface area contributed by atoms with Crippen molar-refractivity contribution in [3.8, 4) is 0 Å². The Morgan fingerprint density at radius 2 is 1.76 bits per heavy atom. The monoisotopic (exact) mass is 256 g/mol. The minimum Gasteiger partial charge on any atom is -0.265 e. The Morgan fingerprint density at radius 3 is 2.41 bits per heavy atom. The zero-order chi connectivity index (χ0) is 12.6. The third-order valence-corrected chi connectivity index (χ3v) is 3.76. The SMILES string of the molecule is CCCCCCS(=O)(=O)OCc1ccccc1. The van der Waals surface area contributed by atoms with Gasteiger partial charge in [-0.2, -0.15) is 8.42 Å². The summed E-state index contributed by atoms with van der Waals surface area (Å²) in [7, 11) is -3.36. The van der Waals surface area contributed by atoms with Gasteiger partial charge >= 0.3 is 0 Å². The summed E-state index contributed by atoms with van der Waals surface area (Å²) in [6.07, 6.45) is 3.81. The molecule has 0 fully saturated rings. The molecule has 0 N–H and O–H groups in total. The van der Waals surface area contributed by atoms with E-state index in [4.69, 9.17) is 4.18 Å². The van der Waals surface area contributed by atoms with E-state index in [2.05, 4.69) is 6.92 Å². The molecule has 96 valence electrons. The van der Waals surface area contributed by atoms with Gasteiger partial charge in [0, 0.05) is 0 Å². The highest BCUT2D eigenvalue weighted by Gasteiger charge is 2.10. The predicted molar refractivity (Wildman–Crippen MR) is 69.2 cm³/mol. The van der Waals surface area contributed by atoms with Crippen LogP contribution < -0.4 is 0 Å². The highest BCUT2D eigenvalue weighted by molar-refractivity contribution is 7.86. The van der Waals surface area contributed by atoms with Crippen LogP contribution in [0.15, 0.2) is 30.3 Å². The minimum atomic E-state index is -3.36. The molecule has 0 aliphatic carbocycles. The van der Waals surface area contributed by atoms with Crippen molar-refractivity contribution < 1.29 is 12.6 Å². The lowest BCUT2D eigenvalue weighted by Crippen LogP contribution is -2.10. The molecule has 0 saturated heterocycles. The van der Waals surface area contributed by atoms with Crippen LogP contribution in [-0.4, -0.2) is 14.2 Å². The summed E-state index contributed by atoms with van der Waals surface area (Å²) in [5.41, 5.74) is 0.879. The molecule has 1 aromatic carbocycles. The molecule has 0 unspecified atom stereocenters. The Labute approximate surface area is 104 Å². The average molecular weight is 256 g/mol. The molecule has 0 bridgehead atoms. The number of unbranched alkanes of at least 4 members (excludes halogenated alkanes) is 3. The van der Waals surface area contributed by atoms with E-state index in [9.17, 15) is 8.42 Å². The van der Waals surface area contributed by atoms with Crippen molar-refractivity contribution in [2.75, 3.05) is 5.75 Å². The Morgan fingerprint density at radius 1 is 1.06 bits per heavy atom. The fourth-order valence-corrected chi connectivity index (χ4v) is 2.49. The standard InChI is InChI=1S/C13H20O3S/c1-2-3-4-8-11-17(14,15)16-12-13-9-6-5-7-10-13/h5-7,9-10H,2-4,8,11-12H2,1H3. The van der Waals surface area contributed by atoms with Gasteiger partial charge in [0.15, 0.2) is 0 Å². The highest BCUT2D eigenvalue weighted by atomic mass is 32.2. The van der Waals surface area contributed by atoms with Gasteiger partial charge in [-0.05, 0) is 12.0 Å². The maximum absolute atomic E-state index is 11.5. The Balaban J connectivity index is 2.30. The van der Waals surface area contributed by atoms with E-state index in [1.807, 2.05) is 30.3 Å². The van der Waals surface area contributed by atoms with Crippen LogP contribution in [0, 0.1) is 0 Å². The highest BCUT2D eigenvalue weighted by Crippen LogP contribution is 2.07. The molecule has 0 radical (unpaired) electrons. The second kappa shape index (κ2) is 7.45. The zero-order valence-electron chi connectivity index (χ0n) is 10.3. The fraction of sp³-hybridized carbons (Fsp3) is 0.538. The molecule has 3 nitrogen and oxygen atoms in total. The molecule has 0 spiro atoms. The smallest absolute Gasteiger partial charge is 0.265 e. The van der Waals surface area contributed by atoms with Crippen LogP contribution in [0.25, 0.3) is 0 Å². The van der Waals surface area contributed by atoms with Crippen molar-refractivity contribution >= 4 is 10.1 Å². The van der Waals surface area contributed by atoms with E-state index in [0.717, 1.165) is 24.8 Å². The Bertz CT molecular complexity index is 398. The molecule has 1 aromatic rings. The molecule has 0 aliphatic rings. The molecular formula is C13H20O3S. The molecule has 0 amide bonds. The topological polar surface area (TPSA) is 43.4 Å². The minimum absolute atomic E-state index is 0.125. The first kappa shape index (κ1) is 14.2. The second-order valence-electron chi connectivity index (χ2n) is 4.07. The van der Waals surface area contributed by atoms with Gasteiger partial charge in [-0.25, -0.2) is 0 Å². The van der Waals surface area contributed by atoms with Crippen LogP contribution in [-0.2, 0) is 20.9 Å².